The lowest BCUT2D eigenvalue weighted by Gasteiger charge is -2.06. The van der Waals surface area contributed by atoms with Crippen LogP contribution in [0.1, 0.15) is 16.3 Å². The maximum absolute atomic E-state index is 13.5. The molecule has 26 heavy (non-hydrogen) atoms. The Hall–Kier alpha value is -2.26. The summed E-state index contributed by atoms with van der Waals surface area (Å²) in [5, 5.41) is 12.1. The first-order valence-corrected chi connectivity index (χ1v) is 9.74. The molecule has 0 unspecified atom stereocenters. The fraction of sp³-hybridized carbons (Fsp3) is 0.235. The third-order valence-corrected chi connectivity index (χ3v) is 5.25. The predicted molar refractivity (Wildman–Crippen MR) is 97.3 cm³/mol. The number of aromatic nitrogens is 3. The molecule has 0 aliphatic heterocycles. The first-order chi connectivity index (χ1) is 12.6. The van der Waals surface area contributed by atoms with Gasteiger partial charge in [0.2, 0.25) is 11.1 Å². The Morgan fingerprint density at radius 3 is 2.77 bits per heavy atom. The van der Waals surface area contributed by atoms with Gasteiger partial charge in [0, 0.05) is 23.4 Å². The molecule has 5 nitrogen and oxygen atoms in total. The van der Waals surface area contributed by atoms with Crippen LogP contribution in [0.4, 0.5) is 8.78 Å². The van der Waals surface area contributed by atoms with Gasteiger partial charge in [-0.15, -0.1) is 16.4 Å². The Balaban J connectivity index is 1.41. The summed E-state index contributed by atoms with van der Waals surface area (Å²) in [6.07, 6.45) is 0.770. The molecular weight excluding hydrogens is 378 g/mol. The normalized spacial score (nSPS) is 10.8. The smallest absolute Gasteiger partial charge is 0.230 e. The molecule has 1 amide bonds. The Morgan fingerprint density at radius 1 is 1.23 bits per heavy atom. The second-order valence-corrected chi connectivity index (χ2v) is 7.38. The van der Waals surface area contributed by atoms with Crippen molar-refractivity contribution in [3.63, 3.8) is 0 Å². The van der Waals surface area contributed by atoms with Crippen molar-refractivity contribution in [1.82, 2.24) is 20.5 Å². The molecule has 1 aromatic carbocycles. The Bertz CT molecular complexity index is 847. The first kappa shape index (κ1) is 18.5. The molecule has 2 N–H and O–H groups in total. The minimum absolute atomic E-state index is 0.0207. The van der Waals surface area contributed by atoms with Gasteiger partial charge in [0.25, 0.3) is 0 Å². The lowest BCUT2D eigenvalue weighted by atomic mass is 10.1. The number of amides is 1. The van der Waals surface area contributed by atoms with Crippen LogP contribution in [0.25, 0.3) is 0 Å². The number of nitrogens with zero attached hydrogens (tertiary/aromatic N) is 2. The van der Waals surface area contributed by atoms with Crippen LogP contribution >= 0.6 is 23.1 Å². The van der Waals surface area contributed by atoms with Gasteiger partial charge < -0.3 is 5.32 Å². The molecular formula is C17H16F2N4OS2. The van der Waals surface area contributed by atoms with Crippen LogP contribution in [-0.4, -0.2) is 33.4 Å². The summed E-state index contributed by atoms with van der Waals surface area (Å²) >= 11 is 2.85. The van der Waals surface area contributed by atoms with E-state index in [4.69, 9.17) is 0 Å². The van der Waals surface area contributed by atoms with Crippen molar-refractivity contribution in [3.8, 4) is 0 Å². The molecule has 0 aliphatic rings. The van der Waals surface area contributed by atoms with Crippen LogP contribution in [0.2, 0.25) is 0 Å². The highest BCUT2D eigenvalue weighted by molar-refractivity contribution is 7.99. The average molecular weight is 394 g/mol. The Labute approximate surface area is 157 Å². The van der Waals surface area contributed by atoms with E-state index < -0.39 is 11.6 Å². The van der Waals surface area contributed by atoms with Crippen LogP contribution < -0.4 is 5.32 Å². The molecule has 2 heterocycles. The van der Waals surface area contributed by atoms with Crippen molar-refractivity contribution in [2.75, 3.05) is 12.3 Å². The van der Waals surface area contributed by atoms with E-state index in [2.05, 4.69) is 20.5 Å². The SMILES string of the molecule is O=C(CSc1n[nH]c(Cc2cccs2)n1)NCCc1c(F)cccc1F. The van der Waals surface area contributed by atoms with Gasteiger partial charge in [-0.2, -0.15) is 0 Å². The van der Waals surface area contributed by atoms with Crippen LogP contribution in [-0.2, 0) is 17.6 Å². The number of aromatic amines is 1. The molecule has 3 aromatic rings. The molecule has 0 radical (unpaired) electrons. The molecule has 9 heteroatoms. The van der Waals surface area contributed by atoms with Gasteiger partial charge in [0.05, 0.1) is 5.75 Å². The minimum atomic E-state index is -0.604. The van der Waals surface area contributed by atoms with E-state index in [-0.39, 0.29) is 30.2 Å². The van der Waals surface area contributed by atoms with Crippen LogP contribution in [0.3, 0.4) is 0 Å². The molecule has 0 aliphatic carbocycles. The maximum Gasteiger partial charge on any atom is 0.230 e. The van der Waals surface area contributed by atoms with E-state index in [1.54, 1.807) is 11.3 Å². The summed E-state index contributed by atoms with van der Waals surface area (Å²) in [7, 11) is 0. The van der Waals surface area contributed by atoms with Crippen molar-refractivity contribution >= 4 is 29.0 Å². The summed E-state index contributed by atoms with van der Waals surface area (Å²) in [6, 6.07) is 7.71. The predicted octanol–water partition coefficient (Wildman–Crippen LogP) is 3.19. The number of H-pyrrole nitrogens is 1. The van der Waals surface area contributed by atoms with Gasteiger partial charge in [-0.3, -0.25) is 9.89 Å². The number of halogens is 2. The molecule has 0 saturated heterocycles. The highest BCUT2D eigenvalue weighted by Crippen LogP contribution is 2.16. The maximum atomic E-state index is 13.5. The van der Waals surface area contributed by atoms with E-state index in [9.17, 15) is 13.6 Å². The minimum Gasteiger partial charge on any atom is -0.355 e. The van der Waals surface area contributed by atoms with Gasteiger partial charge in [-0.25, -0.2) is 13.8 Å². The molecule has 136 valence electrons. The van der Waals surface area contributed by atoms with Crippen molar-refractivity contribution < 1.29 is 13.6 Å². The number of thiophene rings is 1. The number of thioether (sulfide) groups is 1. The first-order valence-electron chi connectivity index (χ1n) is 7.88. The van der Waals surface area contributed by atoms with Crippen LogP contribution in [0.15, 0.2) is 40.9 Å². The zero-order valence-electron chi connectivity index (χ0n) is 13.7. The zero-order chi connectivity index (χ0) is 18.4. The van der Waals surface area contributed by atoms with E-state index in [1.165, 1.54) is 34.8 Å². The topological polar surface area (TPSA) is 70.7 Å². The quantitative estimate of drug-likeness (QED) is 0.576. The summed E-state index contributed by atoms with van der Waals surface area (Å²) in [5.41, 5.74) is -0.0207. The molecule has 0 bridgehead atoms. The summed E-state index contributed by atoms with van der Waals surface area (Å²) in [5.74, 6) is -0.572. The molecule has 0 saturated carbocycles. The summed E-state index contributed by atoms with van der Waals surface area (Å²) < 4.78 is 27.0. The standard InChI is InChI=1S/C17H16F2N4OS2/c18-13-4-1-5-14(19)12(13)6-7-20-16(24)10-26-17-21-15(22-23-17)9-11-3-2-8-25-11/h1-5,8H,6-7,9-10H2,(H,20,24)(H,21,22,23). The van der Waals surface area contributed by atoms with Crippen molar-refractivity contribution in [3.05, 3.63) is 63.6 Å². The van der Waals surface area contributed by atoms with Crippen LogP contribution in [0, 0.1) is 11.6 Å². The number of nitrogens with one attached hydrogen (secondary N) is 2. The highest BCUT2D eigenvalue weighted by Gasteiger charge is 2.11. The molecule has 2 aromatic heterocycles. The third-order valence-electron chi connectivity index (χ3n) is 3.52. The van der Waals surface area contributed by atoms with Crippen molar-refractivity contribution in [1.29, 1.82) is 0 Å². The summed E-state index contributed by atoms with van der Waals surface area (Å²) in [4.78, 5) is 17.4. The Morgan fingerprint density at radius 2 is 2.04 bits per heavy atom. The molecule has 0 fully saturated rings. The van der Waals surface area contributed by atoms with E-state index in [0.29, 0.717) is 11.6 Å². The number of benzene rings is 1. The second-order valence-electron chi connectivity index (χ2n) is 5.41. The molecule has 0 atom stereocenters. The van der Waals surface area contributed by atoms with Gasteiger partial charge in [0.1, 0.15) is 17.5 Å². The van der Waals surface area contributed by atoms with Gasteiger partial charge in [-0.1, -0.05) is 23.9 Å². The fourth-order valence-corrected chi connectivity index (χ4v) is 3.64. The van der Waals surface area contributed by atoms with Crippen molar-refractivity contribution in [2.45, 2.75) is 18.0 Å². The van der Waals surface area contributed by atoms with Crippen LogP contribution in [0.5, 0.6) is 0 Å². The number of hydrogen-bond donors (Lipinski definition) is 2. The van der Waals surface area contributed by atoms with E-state index in [0.717, 1.165) is 5.82 Å². The number of carbonyl (C=O) groups excluding carboxylic acids is 1. The lowest BCUT2D eigenvalue weighted by molar-refractivity contribution is -0.118. The van der Waals surface area contributed by atoms with Crippen molar-refractivity contribution in [2.24, 2.45) is 0 Å². The van der Waals surface area contributed by atoms with E-state index >= 15 is 0 Å². The zero-order valence-corrected chi connectivity index (χ0v) is 15.3. The van der Waals surface area contributed by atoms with E-state index in [1.807, 2.05) is 17.5 Å². The number of carbonyl (C=O) groups is 1. The molecule has 0 spiro atoms. The van der Waals surface area contributed by atoms with Gasteiger partial charge in [-0.05, 0) is 30.0 Å². The highest BCUT2D eigenvalue weighted by atomic mass is 32.2. The molecule has 3 rings (SSSR count). The lowest BCUT2D eigenvalue weighted by Crippen LogP contribution is -2.27. The monoisotopic (exact) mass is 394 g/mol. The third kappa shape index (κ3) is 5.12. The average Bonchev–Trinajstić information content (AvgIpc) is 3.28. The largest absolute Gasteiger partial charge is 0.355 e. The fourth-order valence-electron chi connectivity index (χ4n) is 2.28. The van der Waals surface area contributed by atoms with Gasteiger partial charge >= 0.3 is 0 Å². The number of hydrogen-bond acceptors (Lipinski definition) is 5. The second kappa shape index (κ2) is 8.91. The Kier molecular flexibility index (Phi) is 6.35. The number of rotatable bonds is 8. The summed E-state index contributed by atoms with van der Waals surface area (Å²) in [6.45, 7) is 0.162. The van der Waals surface area contributed by atoms with Gasteiger partial charge in [0.15, 0.2) is 0 Å².